The van der Waals surface area contributed by atoms with Crippen molar-refractivity contribution >= 4 is 21.6 Å². The third-order valence-corrected chi connectivity index (χ3v) is 5.42. The van der Waals surface area contributed by atoms with E-state index in [9.17, 15) is 5.11 Å². The lowest BCUT2D eigenvalue weighted by Gasteiger charge is -2.35. The van der Waals surface area contributed by atoms with E-state index < -0.39 is 5.60 Å². The van der Waals surface area contributed by atoms with Crippen LogP contribution in [0.25, 0.3) is 10.2 Å². The molecular weight excluding hydrogens is 244 g/mol. The number of nitrogens with one attached hydrogen (secondary N) is 1. The van der Waals surface area contributed by atoms with Crippen molar-refractivity contribution in [1.29, 1.82) is 0 Å². The summed E-state index contributed by atoms with van der Waals surface area (Å²) in [5.41, 5.74) is 0.303. The van der Waals surface area contributed by atoms with Gasteiger partial charge in [-0.15, -0.1) is 11.3 Å². The number of hydrogen-bond acceptors (Lipinski definition) is 4. The third-order valence-electron chi connectivity index (χ3n) is 4.20. The van der Waals surface area contributed by atoms with E-state index in [0.717, 1.165) is 23.4 Å². The highest BCUT2D eigenvalue weighted by molar-refractivity contribution is 7.18. The zero-order chi connectivity index (χ0) is 12.2. The quantitative estimate of drug-likeness (QED) is 0.827. The van der Waals surface area contributed by atoms with Crippen LogP contribution in [0.2, 0.25) is 0 Å². The molecule has 0 spiro atoms. The van der Waals surface area contributed by atoms with E-state index in [1.165, 1.54) is 17.5 Å². The van der Waals surface area contributed by atoms with E-state index in [-0.39, 0.29) is 0 Å². The third kappa shape index (κ3) is 1.60. The molecule has 2 aliphatic rings. The molecule has 0 saturated carbocycles. The summed E-state index contributed by atoms with van der Waals surface area (Å²) in [4.78, 5) is 4.65. The maximum atomic E-state index is 10.9. The van der Waals surface area contributed by atoms with Crippen LogP contribution in [0.15, 0.2) is 24.3 Å². The second-order valence-electron chi connectivity index (χ2n) is 5.56. The molecule has 0 amide bonds. The number of hydrogen-bond donors (Lipinski definition) is 2. The van der Waals surface area contributed by atoms with Gasteiger partial charge in [-0.3, -0.25) is 0 Å². The van der Waals surface area contributed by atoms with Gasteiger partial charge < -0.3 is 10.4 Å². The normalized spacial score (nSPS) is 35.2. The highest BCUT2D eigenvalue weighted by Gasteiger charge is 2.45. The van der Waals surface area contributed by atoms with Crippen molar-refractivity contribution in [2.75, 3.05) is 0 Å². The molecule has 0 aliphatic carbocycles. The predicted octanol–water partition coefficient (Wildman–Crippen LogP) is 2.40. The average Bonchev–Trinajstić information content (AvgIpc) is 2.93. The Hall–Kier alpha value is -0.970. The molecule has 2 unspecified atom stereocenters. The highest BCUT2D eigenvalue weighted by atomic mass is 32.1. The molecule has 4 rings (SSSR count). The SMILES string of the molecule is OC1(c2nc3ccccc3s2)CC2CCC(C1)N2. The molecule has 0 radical (unpaired) electrons. The van der Waals surface area contributed by atoms with E-state index in [2.05, 4.69) is 16.4 Å². The van der Waals surface area contributed by atoms with Crippen molar-refractivity contribution < 1.29 is 5.11 Å². The van der Waals surface area contributed by atoms with Gasteiger partial charge in [-0.05, 0) is 37.8 Å². The van der Waals surface area contributed by atoms with Gasteiger partial charge in [-0.25, -0.2) is 4.98 Å². The van der Waals surface area contributed by atoms with Crippen LogP contribution < -0.4 is 5.32 Å². The van der Waals surface area contributed by atoms with Crippen molar-refractivity contribution in [1.82, 2.24) is 10.3 Å². The summed E-state index contributed by atoms with van der Waals surface area (Å²) in [6.45, 7) is 0. The van der Waals surface area contributed by atoms with Crippen molar-refractivity contribution in [3.63, 3.8) is 0 Å². The van der Waals surface area contributed by atoms with Crippen LogP contribution in [0.5, 0.6) is 0 Å². The molecular formula is C14H16N2OS. The summed E-state index contributed by atoms with van der Waals surface area (Å²) in [5.74, 6) is 0. The average molecular weight is 260 g/mol. The summed E-state index contributed by atoms with van der Waals surface area (Å²) in [7, 11) is 0. The second kappa shape index (κ2) is 3.76. The number of benzene rings is 1. The van der Waals surface area contributed by atoms with Gasteiger partial charge in [-0.1, -0.05) is 12.1 Å². The fourth-order valence-electron chi connectivity index (χ4n) is 3.37. The molecule has 3 heterocycles. The number of aliphatic hydroxyl groups is 1. The topological polar surface area (TPSA) is 45.2 Å². The summed E-state index contributed by atoms with van der Waals surface area (Å²) < 4.78 is 1.17. The highest BCUT2D eigenvalue weighted by Crippen LogP contribution is 2.42. The van der Waals surface area contributed by atoms with Gasteiger partial charge >= 0.3 is 0 Å². The Kier molecular flexibility index (Phi) is 2.28. The molecule has 2 atom stereocenters. The Morgan fingerprint density at radius 2 is 1.94 bits per heavy atom. The smallest absolute Gasteiger partial charge is 0.126 e. The molecule has 2 N–H and O–H groups in total. The molecule has 2 bridgehead atoms. The molecule has 2 aromatic rings. The maximum Gasteiger partial charge on any atom is 0.126 e. The fourth-order valence-corrected chi connectivity index (χ4v) is 4.44. The van der Waals surface area contributed by atoms with Crippen LogP contribution >= 0.6 is 11.3 Å². The van der Waals surface area contributed by atoms with Gasteiger partial charge in [0.2, 0.25) is 0 Å². The van der Waals surface area contributed by atoms with E-state index in [1.54, 1.807) is 11.3 Å². The predicted molar refractivity (Wildman–Crippen MR) is 72.7 cm³/mol. The minimum absolute atomic E-state index is 0.473. The Morgan fingerprint density at radius 3 is 2.67 bits per heavy atom. The molecule has 3 nitrogen and oxygen atoms in total. The molecule has 2 saturated heterocycles. The van der Waals surface area contributed by atoms with E-state index in [0.29, 0.717) is 12.1 Å². The van der Waals surface area contributed by atoms with Gasteiger partial charge in [-0.2, -0.15) is 0 Å². The molecule has 2 fully saturated rings. The monoisotopic (exact) mass is 260 g/mol. The standard InChI is InChI=1S/C14H16N2OS/c17-14(7-9-5-6-10(8-14)15-9)13-16-11-3-1-2-4-12(11)18-13/h1-4,9-10,15,17H,5-8H2. The minimum Gasteiger partial charge on any atom is -0.383 e. The van der Waals surface area contributed by atoms with Crippen LogP contribution in [0.1, 0.15) is 30.7 Å². The Balaban J connectivity index is 1.77. The van der Waals surface area contributed by atoms with Crippen LogP contribution in [0, 0.1) is 0 Å². The van der Waals surface area contributed by atoms with Crippen molar-refractivity contribution in [3.8, 4) is 0 Å². The molecule has 2 aliphatic heterocycles. The summed E-state index contributed by atoms with van der Waals surface area (Å²) in [6, 6.07) is 9.08. The number of piperidine rings is 1. The Labute approximate surface area is 110 Å². The van der Waals surface area contributed by atoms with Crippen molar-refractivity contribution in [2.24, 2.45) is 0 Å². The first kappa shape index (κ1) is 10.9. The van der Waals surface area contributed by atoms with Crippen LogP contribution in [0.4, 0.5) is 0 Å². The van der Waals surface area contributed by atoms with Gasteiger partial charge in [0.25, 0.3) is 0 Å². The van der Waals surface area contributed by atoms with Crippen LogP contribution in [-0.2, 0) is 5.60 Å². The van der Waals surface area contributed by atoms with Crippen LogP contribution in [-0.4, -0.2) is 22.2 Å². The molecule has 18 heavy (non-hydrogen) atoms. The number of fused-ring (bicyclic) bond motifs is 3. The summed E-state index contributed by atoms with van der Waals surface area (Å²) in [6.07, 6.45) is 4.00. The first-order valence-electron chi connectivity index (χ1n) is 6.57. The van der Waals surface area contributed by atoms with E-state index in [4.69, 9.17) is 0 Å². The Bertz CT molecular complexity index is 549. The summed E-state index contributed by atoms with van der Waals surface area (Å²) in [5, 5.41) is 15.4. The number of thiazole rings is 1. The molecule has 4 heteroatoms. The second-order valence-corrected chi connectivity index (χ2v) is 6.60. The van der Waals surface area contributed by atoms with E-state index in [1.807, 2.05) is 18.2 Å². The lowest BCUT2D eigenvalue weighted by atomic mass is 9.88. The fraction of sp³-hybridized carbons (Fsp3) is 0.500. The zero-order valence-electron chi connectivity index (χ0n) is 10.1. The maximum absolute atomic E-state index is 10.9. The zero-order valence-corrected chi connectivity index (χ0v) is 10.9. The lowest BCUT2D eigenvalue weighted by molar-refractivity contribution is -0.0114. The minimum atomic E-state index is -0.708. The molecule has 94 valence electrons. The largest absolute Gasteiger partial charge is 0.383 e. The number of nitrogens with zero attached hydrogens (tertiary/aromatic N) is 1. The first-order valence-corrected chi connectivity index (χ1v) is 7.39. The molecule has 1 aromatic heterocycles. The molecule has 1 aromatic carbocycles. The van der Waals surface area contributed by atoms with E-state index >= 15 is 0 Å². The van der Waals surface area contributed by atoms with Gasteiger partial charge in [0, 0.05) is 12.1 Å². The van der Waals surface area contributed by atoms with Crippen molar-refractivity contribution in [3.05, 3.63) is 29.3 Å². The van der Waals surface area contributed by atoms with Crippen LogP contribution in [0.3, 0.4) is 0 Å². The number of rotatable bonds is 1. The number of aromatic nitrogens is 1. The van der Waals surface area contributed by atoms with Gasteiger partial charge in [0.15, 0.2) is 0 Å². The van der Waals surface area contributed by atoms with Gasteiger partial charge in [0.05, 0.1) is 10.2 Å². The Morgan fingerprint density at radius 1 is 1.22 bits per heavy atom. The first-order chi connectivity index (χ1) is 8.73. The number of para-hydroxylation sites is 1. The lowest BCUT2D eigenvalue weighted by Crippen LogP contribution is -2.46. The summed E-state index contributed by atoms with van der Waals surface area (Å²) >= 11 is 1.65. The van der Waals surface area contributed by atoms with Gasteiger partial charge in [0.1, 0.15) is 10.6 Å². The van der Waals surface area contributed by atoms with Crippen molar-refractivity contribution in [2.45, 2.75) is 43.4 Å².